The highest BCUT2D eigenvalue weighted by atomic mass is 35.5. The van der Waals surface area contributed by atoms with Crippen molar-refractivity contribution in [3.05, 3.63) is 28.8 Å². The molecule has 1 rings (SSSR count). The Bertz CT molecular complexity index is 593. The molecule has 3 N–H and O–H groups in total. The maximum atomic E-state index is 12.7. The standard InChI is InChI=1S/C14H16ClF3N2O3/c1-7(19-8(2)13(22)23)5-12(21)20-9-3-4-11(15)10(6-9)14(16,17)18/h3-4,6-8,19H,5H2,1-2H3,(H,20,21)(H,22,23). The first-order chi connectivity index (χ1) is 10.5. The molecule has 1 aromatic carbocycles. The van der Waals surface area contributed by atoms with E-state index in [0.717, 1.165) is 12.1 Å². The van der Waals surface area contributed by atoms with E-state index in [9.17, 15) is 22.8 Å². The Morgan fingerprint density at radius 2 is 1.91 bits per heavy atom. The van der Waals surface area contributed by atoms with E-state index < -0.39 is 40.7 Å². The summed E-state index contributed by atoms with van der Waals surface area (Å²) < 4.78 is 38.2. The van der Waals surface area contributed by atoms with E-state index in [4.69, 9.17) is 16.7 Å². The van der Waals surface area contributed by atoms with Crippen LogP contribution in [-0.2, 0) is 15.8 Å². The lowest BCUT2D eigenvalue weighted by atomic mass is 10.1. The minimum atomic E-state index is -4.62. The molecule has 9 heteroatoms. The maximum Gasteiger partial charge on any atom is 0.417 e. The summed E-state index contributed by atoms with van der Waals surface area (Å²) in [5, 5.41) is 13.3. The van der Waals surface area contributed by atoms with Gasteiger partial charge in [-0.25, -0.2) is 0 Å². The molecule has 0 radical (unpaired) electrons. The number of amides is 1. The highest BCUT2D eigenvalue weighted by Crippen LogP contribution is 2.36. The van der Waals surface area contributed by atoms with Gasteiger partial charge >= 0.3 is 12.1 Å². The van der Waals surface area contributed by atoms with Crippen LogP contribution >= 0.6 is 11.6 Å². The SMILES string of the molecule is CC(CC(=O)Nc1ccc(Cl)c(C(F)(F)F)c1)NC(C)C(=O)O. The molecule has 0 saturated heterocycles. The highest BCUT2D eigenvalue weighted by molar-refractivity contribution is 6.31. The third-order valence-corrected chi connectivity index (χ3v) is 3.28. The molecule has 0 bridgehead atoms. The molecule has 0 aliphatic heterocycles. The lowest BCUT2D eigenvalue weighted by Crippen LogP contribution is -2.41. The van der Waals surface area contributed by atoms with Crippen molar-refractivity contribution in [3.8, 4) is 0 Å². The van der Waals surface area contributed by atoms with Gasteiger partial charge in [0.2, 0.25) is 5.91 Å². The molecule has 0 aromatic heterocycles. The monoisotopic (exact) mass is 352 g/mol. The van der Waals surface area contributed by atoms with Crippen LogP contribution in [0, 0.1) is 0 Å². The minimum absolute atomic E-state index is 0.0368. The Balaban J connectivity index is 2.69. The van der Waals surface area contributed by atoms with Gasteiger partial charge in [0.15, 0.2) is 0 Å². The second-order valence-electron chi connectivity index (χ2n) is 5.07. The van der Waals surface area contributed by atoms with Gasteiger partial charge in [-0.05, 0) is 32.0 Å². The van der Waals surface area contributed by atoms with Crippen LogP contribution in [0.1, 0.15) is 25.8 Å². The largest absolute Gasteiger partial charge is 0.480 e. The molecule has 23 heavy (non-hydrogen) atoms. The molecule has 0 aliphatic carbocycles. The van der Waals surface area contributed by atoms with E-state index in [0.29, 0.717) is 0 Å². The van der Waals surface area contributed by atoms with E-state index in [1.54, 1.807) is 6.92 Å². The number of carbonyl (C=O) groups excluding carboxylic acids is 1. The predicted molar refractivity (Wildman–Crippen MR) is 79.4 cm³/mol. The van der Waals surface area contributed by atoms with Gasteiger partial charge in [-0.1, -0.05) is 11.6 Å². The van der Waals surface area contributed by atoms with Crippen molar-refractivity contribution in [2.75, 3.05) is 5.32 Å². The Morgan fingerprint density at radius 1 is 1.30 bits per heavy atom. The smallest absolute Gasteiger partial charge is 0.417 e. The summed E-state index contributed by atoms with van der Waals surface area (Å²) in [6, 6.07) is 1.75. The van der Waals surface area contributed by atoms with E-state index in [1.165, 1.54) is 13.0 Å². The Labute approximate surface area is 135 Å². The predicted octanol–water partition coefficient (Wildman–Crippen LogP) is 3.14. The van der Waals surface area contributed by atoms with Crippen molar-refractivity contribution >= 4 is 29.2 Å². The van der Waals surface area contributed by atoms with E-state index >= 15 is 0 Å². The number of hydrogen-bond donors (Lipinski definition) is 3. The van der Waals surface area contributed by atoms with Gasteiger partial charge in [-0.2, -0.15) is 13.2 Å². The van der Waals surface area contributed by atoms with Crippen molar-refractivity contribution in [1.29, 1.82) is 0 Å². The quantitative estimate of drug-likeness (QED) is 0.735. The first-order valence-electron chi connectivity index (χ1n) is 6.66. The van der Waals surface area contributed by atoms with E-state index in [-0.39, 0.29) is 12.1 Å². The van der Waals surface area contributed by atoms with E-state index in [1.807, 2.05) is 0 Å². The molecule has 2 atom stereocenters. The molecule has 2 unspecified atom stereocenters. The maximum absolute atomic E-state index is 12.7. The van der Waals surface area contributed by atoms with Crippen LogP contribution in [0.15, 0.2) is 18.2 Å². The number of anilines is 1. The van der Waals surface area contributed by atoms with Gasteiger partial charge in [0, 0.05) is 18.2 Å². The van der Waals surface area contributed by atoms with Crippen LogP contribution < -0.4 is 10.6 Å². The summed E-state index contributed by atoms with van der Waals surface area (Å²) >= 11 is 5.49. The fourth-order valence-corrected chi connectivity index (χ4v) is 2.09. The summed E-state index contributed by atoms with van der Waals surface area (Å²) in [4.78, 5) is 22.5. The van der Waals surface area contributed by atoms with E-state index in [2.05, 4.69) is 10.6 Å². The second kappa shape index (κ2) is 7.65. The molecule has 0 saturated carbocycles. The molecule has 0 aliphatic rings. The minimum Gasteiger partial charge on any atom is -0.480 e. The van der Waals surface area contributed by atoms with Crippen LogP contribution in [0.2, 0.25) is 5.02 Å². The van der Waals surface area contributed by atoms with Gasteiger partial charge in [0.05, 0.1) is 10.6 Å². The zero-order valence-electron chi connectivity index (χ0n) is 12.4. The molecule has 5 nitrogen and oxygen atoms in total. The van der Waals surface area contributed by atoms with Crippen molar-refractivity contribution < 1.29 is 27.9 Å². The molecule has 0 fully saturated rings. The number of alkyl halides is 3. The summed E-state index contributed by atoms with van der Waals surface area (Å²) in [6.45, 7) is 3.02. The number of aliphatic carboxylic acids is 1. The van der Waals surface area contributed by atoms with Crippen molar-refractivity contribution in [2.45, 2.75) is 38.5 Å². The number of nitrogens with one attached hydrogen (secondary N) is 2. The van der Waals surface area contributed by atoms with Crippen molar-refractivity contribution in [1.82, 2.24) is 5.32 Å². The molecule has 0 spiro atoms. The van der Waals surface area contributed by atoms with Gasteiger partial charge in [-0.3, -0.25) is 9.59 Å². The molecule has 128 valence electrons. The fraction of sp³-hybridized carbons (Fsp3) is 0.429. The molecular weight excluding hydrogens is 337 g/mol. The highest BCUT2D eigenvalue weighted by Gasteiger charge is 2.33. The van der Waals surface area contributed by atoms with Gasteiger partial charge in [0.1, 0.15) is 6.04 Å². The number of carboxylic acid groups (broad SMARTS) is 1. The third-order valence-electron chi connectivity index (χ3n) is 2.95. The normalized spacial score (nSPS) is 14.2. The third kappa shape index (κ3) is 6.07. The van der Waals surface area contributed by atoms with Gasteiger partial charge < -0.3 is 15.7 Å². The molecular formula is C14H16ClF3N2O3. The Kier molecular flexibility index (Phi) is 6.40. The van der Waals surface area contributed by atoms with Crippen molar-refractivity contribution in [3.63, 3.8) is 0 Å². The van der Waals surface area contributed by atoms with Crippen LogP contribution in [-0.4, -0.2) is 29.1 Å². The summed E-state index contributed by atoms with van der Waals surface area (Å²) in [6.07, 6.45) is -4.72. The fourth-order valence-electron chi connectivity index (χ4n) is 1.87. The zero-order chi connectivity index (χ0) is 17.8. The first kappa shape index (κ1) is 19.2. The summed E-state index contributed by atoms with van der Waals surface area (Å²) in [7, 11) is 0. The zero-order valence-corrected chi connectivity index (χ0v) is 13.1. The lowest BCUT2D eigenvalue weighted by Gasteiger charge is -2.17. The number of benzene rings is 1. The van der Waals surface area contributed by atoms with Crippen molar-refractivity contribution in [2.24, 2.45) is 0 Å². The number of carboxylic acids is 1. The average molecular weight is 353 g/mol. The van der Waals surface area contributed by atoms with Crippen LogP contribution in [0.3, 0.4) is 0 Å². The first-order valence-corrected chi connectivity index (χ1v) is 7.04. The lowest BCUT2D eigenvalue weighted by molar-refractivity contribution is -0.139. The molecule has 1 aromatic rings. The molecule has 1 amide bonds. The summed E-state index contributed by atoms with van der Waals surface area (Å²) in [5.41, 5.74) is -1.08. The van der Waals surface area contributed by atoms with Crippen LogP contribution in [0.5, 0.6) is 0 Å². The number of halogens is 4. The van der Waals surface area contributed by atoms with Gasteiger partial charge in [-0.15, -0.1) is 0 Å². The molecule has 0 heterocycles. The Hall–Kier alpha value is -1.80. The number of rotatable bonds is 6. The number of hydrogen-bond acceptors (Lipinski definition) is 3. The number of carbonyl (C=O) groups is 2. The van der Waals surface area contributed by atoms with Gasteiger partial charge in [0.25, 0.3) is 0 Å². The average Bonchev–Trinajstić information content (AvgIpc) is 2.39. The van der Waals surface area contributed by atoms with Crippen LogP contribution in [0.4, 0.5) is 18.9 Å². The second-order valence-corrected chi connectivity index (χ2v) is 5.48. The Morgan fingerprint density at radius 3 is 2.43 bits per heavy atom. The summed E-state index contributed by atoms with van der Waals surface area (Å²) in [5.74, 6) is -1.61. The topological polar surface area (TPSA) is 78.4 Å². The van der Waals surface area contributed by atoms with Crippen LogP contribution in [0.25, 0.3) is 0 Å².